The number of fused-ring (bicyclic) bond motifs is 1. The fourth-order valence-electron chi connectivity index (χ4n) is 2.03. The Morgan fingerprint density at radius 1 is 1.19 bits per heavy atom. The lowest BCUT2D eigenvalue weighted by atomic mass is 10.0. The monoisotopic (exact) mass is 217 g/mol. The molecule has 0 saturated heterocycles. The molecule has 0 fully saturated rings. The van der Waals surface area contributed by atoms with Crippen molar-refractivity contribution >= 4 is 10.9 Å². The van der Waals surface area contributed by atoms with Crippen LogP contribution in [0, 0.1) is 0 Å². The van der Waals surface area contributed by atoms with Crippen LogP contribution in [0.3, 0.4) is 0 Å². The van der Waals surface area contributed by atoms with E-state index in [9.17, 15) is 5.11 Å². The molecule has 0 radical (unpaired) electrons. The van der Waals surface area contributed by atoms with Crippen molar-refractivity contribution in [2.75, 3.05) is 6.61 Å². The summed E-state index contributed by atoms with van der Waals surface area (Å²) in [5.41, 5.74) is 2.46. The van der Waals surface area contributed by atoms with Gasteiger partial charge in [0.05, 0.1) is 0 Å². The lowest BCUT2D eigenvalue weighted by Gasteiger charge is -2.12. The first-order chi connectivity index (χ1) is 7.63. The molecule has 1 heterocycles. The van der Waals surface area contributed by atoms with Crippen molar-refractivity contribution < 1.29 is 5.11 Å². The van der Waals surface area contributed by atoms with Crippen LogP contribution in [0.5, 0.6) is 0 Å². The summed E-state index contributed by atoms with van der Waals surface area (Å²) in [6.07, 6.45) is 2.13. The summed E-state index contributed by atoms with van der Waals surface area (Å²) in [6, 6.07) is 9.04. The largest absolute Gasteiger partial charge is 0.396 e. The van der Waals surface area contributed by atoms with Gasteiger partial charge in [0.25, 0.3) is 0 Å². The standard InChI is InChI=1S/C14H19NO/c1-10(2)15-7-6-12-4-5-13(8-14(12)15)11(3)9-16/h4-8,10-11,16H,9H2,1-3H3. The van der Waals surface area contributed by atoms with Crippen LogP contribution in [-0.4, -0.2) is 16.3 Å². The second-order valence-electron chi connectivity index (χ2n) is 4.72. The molecule has 2 aromatic rings. The topological polar surface area (TPSA) is 25.2 Å². The summed E-state index contributed by atoms with van der Waals surface area (Å²) in [5, 5.41) is 10.4. The quantitative estimate of drug-likeness (QED) is 0.838. The zero-order chi connectivity index (χ0) is 11.7. The average Bonchev–Trinajstić information content (AvgIpc) is 2.70. The van der Waals surface area contributed by atoms with Crippen LogP contribution in [0.15, 0.2) is 30.5 Å². The third-order valence-corrected chi connectivity index (χ3v) is 3.15. The van der Waals surface area contributed by atoms with Gasteiger partial charge in [-0.05, 0) is 36.9 Å². The van der Waals surface area contributed by atoms with Crippen LogP contribution in [-0.2, 0) is 0 Å². The highest BCUT2D eigenvalue weighted by Crippen LogP contribution is 2.24. The normalized spacial score (nSPS) is 13.6. The summed E-state index contributed by atoms with van der Waals surface area (Å²) in [5.74, 6) is 0.208. The molecular weight excluding hydrogens is 198 g/mol. The van der Waals surface area contributed by atoms with Crippen LogP contribution in [0.25, 0.3) is 10.9 Å². The van der Waals surface area contributed by atoms with Gasteiger partial charge in [0, 0.05) is 30.3 Å². The van der Waals surface area contributed by atoms with Crippen LogP contribution in [0.2, 0.25) is 0 Å². The van der Waals surface area contributed by atoms with E-state index in [1.54, 1.807) is 0 Å². The molecule has 2 rings (SSSR count). The number of benzene rings is 1. The molecular formula is C14H19NO. The minimum absolute atomic E-state index is 0.202. The number of aliphatic hydroxyl groups is 1. The fourth-order valence-corrected chi connectivity index (χ4v) is 2.03. The molecule has 16 heavy (non-hydrogen) atoms. The Bertz CT molecular complexity index is 484. The van der Waals surface area contributed by atoms with Crippen molar-refractivity contribution in [3.05, 3.63) is 36.0 Å². The van der Waals surface area contributed by atoms with E-state index in [0.29, 0.717) is 6.04 Å². The first-order valence-corrected chi connectivity index (χ1v) is 5.85. The van der Waals surface area contributed by atoms with E-state index < -0.39 is 0 Å². The van der Waals surface area contributed by atoms with Crippen LogP contribution in [0.4, 0.5) is 0 Å². The highest BCUT2D eigenvalue weighted by atomic mass is 16.3. The summed E-state index contributed by atoms with van der Waals surface area (Å²) >= 11 is 0. The minimum atomic E-state index is 0.202. The maximum absolute atomic E-state index is 9.18. The third kappa shape index (κ3) is 1.85. The van der Waals surface area contributed by atoms with E-state index in [4.69, 9.17) is 0 Å². The summed E-state index contributed by atoms with van der Waals surface area (Å²) in [4.78, 5) is 0. The van der Waals surface area contributed by atoms with Crippen LogP contribution in [0.1, 0.15) is 38.3 Å². The van der Waals surface area contributed by atoms with Crippen molar-refractivity contribution in [1.82, 2.24) is 4.57 Å². The zero-order valence-corrected chi connectivity index (χ0v) is 10.1. The Morgan fingerprint density at radius 2 is 1.94 bits per heavy atom. The van der Waals surface area contributed by atoms with Crippen molar-refractivity contribution in [2.24, 2.45) is 0 Å². The molecule has 2 heteroatoms. The van der Waals surface area contributed by atoms with E-state index in [2.05, 4.69) is 48.9 Å². The van der Waals surface area contributed by atoms with Crippen LogP contribution < -0.4 is 0 Å². The second kappa shape index (κ2) is 4.30. The first kappa shape index (κ1) is 11.2. The van der Waals surface area contributed by atoms with E-state index in [-0.39, 0.29) is 12.5 Å². The zero-order valence-electron chi connectivity index (χ0n) is 10.1. The highest BCUT2D eigenvalue weighted by Gasteiger charge is 2.08. The van der Waals surface area contributed by atoms with Crippen molar-refractivity contribution in [3.8, 4) is 0 Å². The van der Waals surface area contributed by atoms with Gasteiger partial charge in [-0.2, -0.15) is 0 Å². The SMILES string of the molecule is CC(CO)c1ccc2ccn(C(C)C)c2c1. The molecule has 2 nitrogen and oxygen atoms in total. The van der Waals surface area contributed by atoms with Gasteiger partial charge >= 0.3 is 0 Å². The minimum Gasteiger partial charge on any atom is -0.396 e. The van der Waals surface area contributed by atoms with Crippen molar-refractivity contribution in [2.45, 2.75) is 32.7 Å². The number of nitrogens with zero attached hydrogens (tertiary/aromatic N) is 1. The highest BCUT2D eigenvalue weighted by molar-refractivity contribution is 5.81. The van der Waals surface area contributed by atoms with E-state index in [0.717, 1.165) is 0 Å². The van der Waals surface area contributed by atoms with Gasteiger partial charge in [-0.15, -0.1) is 0 Å². The molecule has 1 N–H and O–H groups in total. The molecule has 86 valence electrons. The van der Waals surface area contributed by atoms with Gasteiger partial charge in [-0.25, -0.2) is 0 Å². The Kier molecular flexibility index (Phi) is 3.01. The van der Waals surface area contributed by atoms with E-state index in [1.807, 2.05) is 6.92 Å². The second-order valence-corrected chi connectivity index (χ2v) is 4.72. The molecule has 1 aromatic heterocycles. The Balaban J connectivity index is 2.54. The molecule has 0 saturated carbocycles. The molecule has 0 spiro atoms. The first-order valence-electron chi connectivity index (χ1n) is 5.85. The summed E-state index contributed by atoms with van der Waals surface area (Å²) in [6.45, 7) is 6.61. The van der Waals surface area contributed by atoms with Gasteiger partial charge in [0.2, 0.25) is 0 Å². The number of hydrogen-bond acceptors (Lipinski definition) is 1. The Labute approximate surface area is 96.5 Å². The molecule has 0 bridgehead atoms. The molecule has 1 atom stereocenters. The summed E-state index contributed by atoms with van der Waals surface area (Å²) in [7, 11) is 0. The lowest BCUT2D eigenvalue weighted by molar-refractivity contribution is 0.273. The van der Waals surface area contributed by atoms with Crippen molar-refractivity contribution in [1.29, 1.82) is 0 Å². The van der Waals surface area contributed by atoms with Gasteiger partial charge in [0.15, 0.2) is 0 Å². The Morgan fingerprint density at radius 3 is 2.56 bits per heavy atom. The molecule has 0 amide bonds. The maximum atomic E-state index is 9.18. The smallest absolute Gasteiger partial charge is 0.0497 e. The summed E-state index contributed by atoms with van der Waals surface area (Å²) < 4.78 is 2.27. The predicted molar refractivity (Wildman–Crippen MR) is 67.8 cm³/mol. The lowest BCUT2D eigenvalue weighted by Crippen LogP contribution is -2.01. The molecule has 0 aliphatic rings. The van der Waals surface area contributed by atoms with E-state index >= 15 is 0 Å². The average molecular weight is 217 g/mol. The number of hydrogen-bond donors (Lipinski definition) is 1. The van der Waals surface area contributed by atoms with Gasteiger partial charge in [-0.1, -0.05) is 19.1 Å². The van der Waals surface area contributed by atoms with Gasteiger partial charge in [0.1, 0.15) is 0 Å². The fraction of sp³-hybridized carbons (Fsp3) is 0.429. The number of rotatable bonds is 3. The van der Waals surface area contributed by atoms with Crippen LogP contribution >= 0.6 is 0 Å². The third-order valence-electron chi connectivity index (χ3n) is 3.15. The molecule has 0 aliphatic heterocycles. The molecule has 1 unspecified atom stereocenters. The maximum Gasteiger partial charge on any atom is 0.0497 e. The predicted octanol–water partition coefficient (Wildman–Crippen LogP) is 3.32. The molecule has 1 aromatic carbocycles. The number of aromatic nitrogens is 1. The van der Waals surface area contributed by atoms with Gasteiger partial charge in [-0.3, -0.25) is 0 Å². The molecule has 0 aliphatic carbocycles. The van der Waals surface area contributed by atoms with E-state index in [1.165, 1.54) is 16.5 Å². The van der Waals surface area contributed by atoms with Gasteiger partial charge < -0.3 is 9.67 Å². The number of aliphatic hydroxyl groups excluding tert-OH is 1. The van der Waals surface area contributed by atoms with Crippen molar-refractivity contribution in [3.63, 3.8) is 0 Å². The Hall–Kier alpha value is -1.28.